The fourth-order valence-electron chi connectivity index (χ4n) is 3.12. The van der Waals surface area contributed by atoms with Crippen molar-refractivity contribution in [2.24, 2.45) is 7.05 Å². The van der Waals surface area contributed by atoms with Crippen LogP contribution in [0.5, 0.6) is 0 Å². The molecule has 1 N–H and O–H groups in total. The van der Waals surface area contributed by atoms with Crippen molar-refractivity contribution in [1.82, 2.24) is 14.8 Å². The number of hydrogen-bond acceptors (Lipinski definition) is 5. The van der Waals surface area contributed by atoms with Crippen molar-refractivity contribution in [1.29, 1.82) is 0 Å². The van der Waals surface area contributed by atoms with Crippen molar-refractivity contribution < 1.29 is 13.6 Å². The normalized spacial score (nSPS) is 14.1. The molecule has 3 heterocycles. The molecule has 4 rings (SSSR count). The van der Waals surface area contributed by atoms with Gasteiger partial charge in [0, 0.05) is 37.8 Å². The highest BCUT2D eigenvalue weighted by atomic mass is 32.1. The summed E-state index contributed by atoms with van der Waals surface area (Å²) in [7, 11) is 1.76. The monoisotopic (exact) mass is 401 g/mol. The maximum Gasteiger partial charge on any atom is 0.276 e. The van der Waals surface area contributed by atoms with Gasteiger partial charge in [-0.1, -0.05) is 6.08 Å². The van der Waals surface area contributed by atoms with Crippen LogP contribution in [0.25, 0.3) is 5.57 Å². The number of hydrogen-bond donors (Lipinski definition) is 1. The van der Waals surface area contributed by atoms with E-state index in [4.69, 9.17) is 0 Å². The molecule has 28 heavy (non-hydrogen) atoms. The number of nitrogens with one attached hydrogen (secondary N) is 1. The first-order valence-electron chi connectivity index (χ1n) is 8.65. The molecule has 0 spiro atoms. The first-order valence-corrected chi connectivity index (χ1v) is 9.53. The molecule has 2 aromatic heterocycles. The van der Waals surface area contributed by atoms with Gasteiger partial charge in [-0.25, -0.2) is 13.8 Å². The van der Waals surface area contributed by atoms with Crippen LogP contribution in [0, 0.1) is 11.6 Å². The van der Waals surface area contributed by atoms with Gasteiger partial charge in [-0.15, -0.1) is 11.3 Å². The lowest BCUT2D eigenvalue weighted by Gasteiger charge is -2.26. The predicted octanol–water partition coefficient (Wildman–Crippen LogP) is 3.70. The minimum atomic E-state index is -0.835. The Morgan fingerprint density at radius 3 is 2.89 bits per heavy atom. The Labute approximate surface area is 164 Å². The molecule has 0 bridgehead atoms. The highest BCUT2D eigenvalue weighted by molar-refractivity contribution is 7.13. The molecule has 1 amide bonds. The number of thiazole rings is 1. The molecule has 144 valence electrons. The van der Waals surface area contributed by atoms with E-state index < -0.39 is 17.5 Å². The van der Waals surface area contributed by atoms with Gasteiger partial charge in [-0.3, -0.25) is 9.48 Å². The number of anilines is 2. The van der Waals surface area contributed by atoms with E-state index in [0.717, 1.165) is 41.5 Å². The first-order chi connectivity index (χ1) is 13.5. The second kappa shape index (κ2) is 7.51. The van der Waals surface area contributed by atoms with Gasteiger partial charge in [-0.2, -0.15) is 5.10 Å². The molecule has 6 nitrogen and oxygen atoms in total. The van der Waals surface area contributed by atoms with Gasteiger partial charge in [0.15, 0.2) is 10.8 Å². The van der Waals surface area contributed by atoms with E-state index in [0.29, 0.717) is 6.54 Å². The number of amides is 1. The first kappa shape index (κ1) is 18.3. The Morgan fingerprint density at radius 2 is 2.14 bits per heavy atom. The van der Waals surface area contributed by atoms with Crippen molar-refractivity contribution in [3.8, 4) is 0 Å². The molecule has 1 aromatic carbocycles. The number of aromatic nitrogens is 3. The van der Waals surface area contributed by atoms with E-state index in [-0.39, 0.29) is 11.4 Å². The molecule has 9 heteroatoms. The van der Waals surface area contributed by atoms with Crippen LogP contribution in [0.4, 0.5) is 19.6 Å². The molecule has 1 aliphatic rings. The second-order valence-corrected chi connectivity index (χ2v) is 7.24. The summed E-state index contributed by atoms with van der Waals surface area (Å²) in [5.74, 6) is -2.09. The van der Waals surface area contributed by atoms with Gasteiger partial charge in [0.1, 0.15) is 11.6 Å². The zero-order valence-corrected chi connectivity index (χ0v) is 15.8. The van der Waals surface area contributed by atoms with Gasteiger partial charge >= 0.3 is 0 Å². The Bertz CT molecular complexity index is 1040. The number of carbonyl (C=O) groups is 1. The molecule has 1 aliphatic heterocycles. The van der Waals surface area contributed by atoms with Crippen LogP contribution in [0.2, 0.25) is 0 Å². The molecule has 0 atom stereocenters. The van der Waals surface area contributed by atoms with E-state index in [1.165, 1.54) is 6.07 Å². The van der Waals surface area contributed by atoms with Gasteiger partial charge in [0.25, 0.3) is 5.91 Å². The minimum absolute atomic E-state index is 0.0922. The standard InChI is InChI=1S/C19H17F2N5OS/c1-25-17(12-3-2-7-26(11-12)19-22-6-8-28-19)10-16(24-25)18(27)23-15-5-4-13(20)9-14(15)21/h3-6,8-10H,2,7,11H2,1H3,(H,23,27). The summed E-state index contributed by atoms with van der Waals surface area (Å²) in [5.41, 5.74) is 1.92. The zero-order chi connectivity index (χ0) is 19.7. The van der Waals surface area contributed by atoms with Crippen LogP contribution in [0.3, 0.4) is 0 Å². The van der Waals surface area contributed by atoms with Crippen LogP contribution in [0.1, 0.15) is 22.6 Å². The van der Waals surface area contributed by atoms with E-state index in [1.54, 1.807) is 35.3 Å². The van der Waals surface area contributed by atoms with Crippen molar-refractivity contribution in [3.05, 3.63) is 64.9 Å². The van der Waals surface area contributed by atoms with Crippen LogP contribution < -0.4 is 10.2 Å². The van der Waals surface area contributed by atoms with Gasteiger partial charge in [-0.05, 0) is 30.2 Å². The largest absolute Gasteiger partial charge is 0.343 e. The summed E-state index contributed by atoms with van der Waals surface area (Å²) >= 11 is 1.58. The molecular formula is C19H17F2N5OS. The lowest BCUT2D eigenvalue weighted by molar-refractivity contribution is 0.102. The lowest BCUT2D eigenvalue weighted by atomic mass is 10.1. The third-order valence-corrected chi connectivity index (χ3v) is 5.29. The summed E-state index contributed by atoms with van der Waals surface area (Å²) in [5, 5.41) is 9.58. The molecule has 0 fully saturated rings. The maximum atomic E-state index is 13.8. The van der Waals surface area contributed by atoms with Crippen molar-refractivity contribution in [2.75, 3.05) is 23.3 Å². The van der Waals surface area contributed by atoms with Crippen LogP contribution >= 0.6 is 11.3 Å². The molecule has 0 saturated carbocycles. The fourth-order valence-corrected chi connectivity index (χ4v) is 3.79. The van der Waals surface area contributed by atoms with Crippen molar-refractivity contribution in [3.63, 3.8) is 0 Å². The smallest absolute Gasteiger partial charge is 0.276 e. The van der Waals surface area contributed by atoms with E-state index in [1.807, 2.05) is 5.38 Å². The van der Waals surface area contributed by atoms with Crippen LogP contribution in [0.15, 0.2) is 41.9 Å². The Morgan fingerprint density at radius 1 is 1.29 bits per heavy atom. The number of benzene rings is 1. The summed E-state index contributed by atoms with van der Waals surface area (Å²) < 4.78 is 28.4. The quantitative estimate of drug-likeness (QED) is 0.724. The molecule has 0 unspecified atom stereocenters. The fraction of sp³-hybridized carbons (Fsp3) is 0.211. The number of aryl methyl sites for hydroxylation is 1. The molecule has 0 aliphatic carbocycles. The Balaban J connectivity index is 1.53. The molecular weight excluding hydrogens is 384 g/mol. The topological polar surface area (TPSA) is 63.1 Å². The SMILES string of the molecule is Cn1nc(C(=O)Nc2ccc(F)cc2F)cc1C1=CCCN(c2nccs2)C1. The van der Waals surface area contributed by atoms with Crippen LogP contribution in [-0.2, 0) is 7.05 Å². The summed E-state index contributed by atoms with van der Waals surface area (Å²) in [4.78, 5) is 19.0. The summed E-state index contributed by atoms with van der Waals surface area (Å²) in [6.45, 7) is 1.55. The third-order valence-electron chi connectivity index (χ3n) is 4.46. The number of carbonyl (C=O) groups excluding carboxylic acids is 1. The maximum absolute atomic E-state index is 13.8. The molecule has 3 aromatic rings. The summed E-state index contributed by atoms with van der Waals surface area (Å²) in [6, 6.07) is 4.66. The molecule has 0 saturated heterocycles. The Hall–Kier alpha value is -3.07. The zero-order valence-electron chi connectivity index (χ0n) is 15.0. The lowest BCUT2D eigenvalue weighted by Crippen LogP contribution is -2.29. The highest BCUT2D eigenvalue weighted by Crippen LogP contribution is 2.27. The number of halogens is 2. The predicted molar refractivity (Wildman–Crippen MR) is 104 cm³/mol. The van der Waals surface area contributed by atoms with Crippen molar-refractivity contribution >= 4 is 33.6 Å². The van der Waals surface area contributed by atoms with E-state index in [9.17, 15) is 13.6 Å². The van der Waals surface area contributed by atoms with Gasteiger partial charge < -0.3 is 10.2 Å². The van der Waals surface area contributed by atoms with E-state index >= 15 is 0 Å². The highest BCUT2D eigenvalue weighted by Gasteiger charge is 2.21. The summed E-state index contributed by atoms with van der Waals surface area (Å²) in [6.07, 6.45) is 4.77. The average molecular weight is 401 g/mol. The van der Waals surface area contributed by atoms with Gasteiger partial charge in [0.2, 0.25) is 0 Å². The number of nitrogens with zero attached hydrogens (tertiary/aromatic N) is 4. The Kier molecular flexibility index (Phi) is 4.91. The van der Waals surface area contributed by atoms with Gasteiger partial charge in [0.05, 0.1) is 11.4 Å². The van der Waals surface area contributed by atoms with Crippen molar-refractivity contribution in [2.45, 2.75) is 6.42 Å². The number of rotatable bonds is 4. The van der Waals surface area contributed by atoms with Crippen LogP contribution in [-0.4, -0.2) is 33.8 Å². The molecule has 0 radical (unpaired) electrons. The average Bonchev–Trinajstić information content (AvgIpc) is 3.34. The minimum Gasteiger partial charge on any atom is -0.343 e. The second-order valence-electron chi connectivity index (χ2n) is 6.37. The third kappa shape index (κ3) is 3.65. The van der Waals surface area contributed by atoms with E-state index in [2.05, 4.69) is 26.4 Å².